The quantitative estimate of drug-likeness (QED) is 0.0953. The number of piperidine rings is 2. The number of benzene rings is 4. The van der Waals surface area contributed by atoms with Crippen LogP contribution in [0.25, 0.3) is 17.2 Å². The Labute approximate surface area is 355 Å². The van der Waals surface area contributed by atoms with E-state index in [1.807, 2.05) is 83.8 Å². The predicted octanol–water partition coefficient (Wildman–Crippen LogP) is 9.05. The van der Waals surface area contributed by atoms with Crippen molar-refractivity contribution in [3.05, 3.63) is 131 Å². The number of carbonyl (C=O) groups excluding carboxylic acids is 3. The van der Waals surface area contributed by atoms with E-state index in [1.54, 1.807) is 36.3 Å². The van der Waals surface area contributed by atoms with Crippen molar-refractivity contribution < 1.29 is 46.9 Å². The molecule has 0 atom stereocenters. The molecule has 4 aromatic rings. The fourth-order valence-corrected chi connectivity index (χ4v) is 7.66. The monoisotopic (exact) mass is 841 g/mol. The van der Waals surface area contributed by atoms with Crippen LogP contribution < -0.4 is 10.1 Å². The summed E-state index contributed by atoms with van der Waals surface area (Å²) in [4.78, 5) is 52.1. The number of aliphatic carboxylic acids is 1. The Morgan fingerprint density at radius 2 is 1.36 bits per heavy atom. The molecule has 0 radical (unpaired) electrons. The number of nitrogens with zero attached hydrogens (tertiary/aromatic N) is 2. The largest absolute Gasteiger partial charge is 0.497 e. The molecule has 2 N–H and O–H groups in total. The zero-order valence-corrected chi connectivity index (χ0v) is 34.7. The number of nitrogens with one attached hydrogen (secondary N) is 1. The lowest BCUT2D eigenvalue weighted by Gasteiger charge is -2.32. The summed E-state index contributed by atoms with van der Waals surface area (Å²) >= 11 is 0. The van der Waals surface area contributed by atoms with E-state index in [4.69, 9.17) is 19.4 Å². The second kappa shape index (κ2) is 22.6. The van der Waals surface area contributed by atoms with Gasteiger partial charge < -0.3 is 29.7 Å². The van der Waals surface area contributed by atoms with Crippen molar-refractivity contribution in [2.75, 3.05) is 40.4 Å². The van der Waals surface area contributed by atoms with Gasteiger partial charge in [0.1, 0.15) is 5.75 Å². The maximum atomic E-state index is 13.7. The third-order valence-corrected chi connectivity index (χ3v) is 11.2. The number of likely N-dealkylation sites (tertiary alicyclic amines) is 1. The van der Waals surface area contributed by atoms with Gasteiger partial charge in [0.2, 0.25) is 5.91 Å². The molecule has 2 fully saturated rings. The zero-order chi connectivity index (χ0) is 43.8. The van der Waals surface area contributed by atoms with Gasteiger partial charge in [-0.15, -0.1) is 0 Å². The highest BCUT2D eigenvalue weighted by molar-refractivity contribution is 5.95. The van der Waals surface area contributed by atoms with Crippen LogP contribution in [0, 0.1) is 11.8 Å². The second-order valence-electron chi connectivity index (χ2n) is 15.4. The molecular weight excluding hydrogens is 788 g/mol. The number of esters is 1. The minimum Gasteiger partial charge on any atom is -0.497 e. The number of hydrogen-bond acceptors (Lipinski definition) is 7. The molecule has 4 aromatic carbocycles. The first-order valence-electron chi connectivity index (χ1n) is 20.6. The topological polar surface area (TPSA) is 125 Å². The highest BCUT2D eigenvalue weighted by Gasteiger charge is 2.38. The zero-order valence-electron chi connectivity index (χ0n) is 34.7. The van der Waals surface area contributed by atoms with Gasteiger partial charge in [-0.2, -0.15) is 13.2 Å². The van der Waals surface area contributed by atoms with Crippen LogP contribution in [0.3, 0.4) is 0 Å². The van der Waals surface area contributed by atoms with Gasteiger partial charge >= 0.3 is 18.1 Å². The van der Waals surface area contributed by atoms with Crippen molar-refractivity contribution in [2.24, 2.45) is 11.8 Å². The smallest absolute Gasteiger partial charge is 0.490 e. The Kier molecular flexibility index (Phi) is 17.1. The van der Waals surface area contributed by atoms with E-state index in [2.05, 4.69) is 11.4 Å². The van der Waals surface area contributed by atoms with Crippen LogP contribution in [0.1, 0.15) is 82.4 Å². The minimum atomic E-state index is -5.08. The molecule has 0 spiro atoms. The van der Waals surface area contributed by atoms with Gasteiger partial charge in [0.25, 0.3) is 5.91 Å². The molecule has 10 nitrogen and oxygen atoms in total. The normalized spacial score (nSPS) is 14.8. The van der Waals surface area contributed by atoms with E-state index in [9.17, 15) is 27.6 Å². The number of carboxylic acid groups (broad SMARTS) is 1. The molecule has 0 saturated carbocycles. The molecule has 2 heterocycles. The van der Waals surface area contributed by atoms with Crippen LogP contribution in [0.15, 0.2) is 103 Å². The summed E-state index contributed by atoms with van der Waals surface area (Å²) in [5, 5.41) is 10.6. The van der Waals surface area contributed by atoms with Crippen molar-refractivity contribution >= 4 is 29.8 Å². The molecule has 0 aromatic heterocycles. The van der Waals surface area contributed by atoms with Crippen LogP contribution in [0.5, 0.6) is 5.75 Å². The number of halogens is 3. The van der Waals surface area contributed by atoms with Crippen LogP contribution >= 0.6 is 0 Å². The Bertz CT molecular complexity index is 2090. The summed E-state index contributed by atoms with van der Waals surface area (Å²) in [6, 6.07) is 30.7. The number of rotatable bonds is 14. The summed E-state index contributed by atoms with van der Waals surface area (Å²) in [5.41, 5.74) is 5.84. The van der Waals surface area contributed by atoms with Crippen LogP contribution in [0.2, 0.25) is 0 Å². The molecule has 2 aliphatic rings. The van der Waals surface area contributed by atoms with Gasteiger partial charge in [-0.05, 0) is 127 Å². The second-order valence-corrected chi connectivity index (χ2v) is 15.4. The molecule has 0 unspecified atom stereocenters. The molecule has 6 rings (SSSR count). The van der Waals surface area contributed by atoms with Crippen LogP contribution in [-0.2, 0) is 27.4 Å². The van der Waals surface area contributed by atoms with Gasteiger partial charge in [-0.1, -0.05) is 73.9 Å². The number of methoxy groups -OCH3 is 2. The first-order valence-corrected chi connectivity index (χ1v) is 20.6. The maximum Gasteiger partial charge on any atom is 0.490 e. The van der Waals surface area contributed by atoms with Gasteiger partial charge in [0, 0.05) is 37.8 Å². The van der Waals surface area contributed by atoms with E-state index in [1.165, 1.54) is 52.3 Å². The first-order chi connectivity index (χ1) is 29.3. The number of alkyl halides is 3. The van der Waals surface area contributed by atoms with E-state index >= 15 is 0 Å². The van der Waals surface area contributed by atoms with E-state index < -0.39 is 18.1 Å². The maximum absolute atomic E-state index is 13.7. The average Bonchev–Trinajstić information content (AvgIpc) is 3.28. The molecular formula is C48H54F3N3O7. The summed E-state index contributed by atoms with van der Waals surface area (Å²) in [7, 11) is 2.98. The molecule has 13 heteroatoms. The molecule has 2 amide bonds. The van der Waals surface area contributed by atoms with Gasteiger partial charge in [-0.3, -0.25) is 9.59 Å². The SMILES string of the molecule is COC(=O)c1ccc(CN(Cc2cccc(-c3cccc(C(=O)N4CCC(CCCC5CCNCC5)CC4)c3)c2)C(=O)C=Cc2ccc(OC)cc2)cc1.O=C(O)C(F)(F)F. The molecule has 0 bridgehead atoms. The Hall–Kier alpha value is -5.95. The van der Waals surface area contributed by atoms with Gasteiger partial charge in [-0.25, -0.2) is 9.59 Å². The lowest BCUT2D eigenvalue weighted by molar-refractivity contribution is -0.192. The van der Waals surface area contributed by atoms with Crippen molar-refractivity contribution in [2.45, 2.75) is 64.2 Å². The third-order valence-electron chi connectivity index (χ3n) is 11.2. The lowest BCUT2D eigenvalue weighted by atomic mass is 9.87. The number of ether oxygens (including phenoxy) is 2. The summed E-state index contributed by atoms with van der Waals surface area (Å²) in [6.45, 7) is 4.68. The number of amides is 2. The predicted molar refractivity (Wildman–Crippen MR) is 228 cm³/mol. The fraction of sp³-hybridized carbons (Fsp3) is 0.375. The standard InChI is InChI=1S/C46H53N3O5.C2HF3O2/c1-53-43-19-14-36(15-20-43)16-21-44(50)49(32-37-12-17-39(18-13-37)46(52)54-2)33-38-8-4-9-40(30-38)41-10-5-11-42(31-41)45(51)48-28-24-35(25-29-48)7-3-6-34-22-26-47-27-23-34;3-2(4,5)1(6)7/h4-5,8-21,30-31,34-35,47H,3,6-7,22-29,32-33H2,1-2H3;(H,6,7). The summed E-state index contributed by atoms with van der Waals surface area (Å²) in [5.74, 6) is -0.863. The van der Waals surface area contributed by atoms with Crippen molar-refractivity contribution in [3.8, 4) is 16.9 Å². The average molecular weight is 842 g/mol. The van der Waals surface area contributed by atoms with Crippen molar-refractivity contribution in [1.82, 2.24) is 15.1 Å². The number of carbonyl (C=O) groups is 4. The van der Waals surface area contributed by atoms with Gasteiger partial charge in [0.05, 0.1) is 19.8 Å². The number of carboxylic acids is 1. The minimum absolute atomic E-state index is 0.0970. The molecule has 61 heavy (non-hydrogen) atoms. The van der Waals surface area contributed by atoms with Crippen molar-refractivity contribution in [1.29, 1.82) is 0 Å². The molecule has 2 aliphatic heterocycles. The Morgan fingerprint density at radius 3 is 1.97 bits per heavy atom. The van der Waals surface area contributed by atoms with Gasteiger partial charge in [0.15, 0.2) is 0 Å². The summed E-state index contributed by atoms with van der Waals surface area (Å²) in [6.07, 6.45) is 7.02. The fourth-order valence-electron chi connectivity index (χ4n) is 7.66. The van der Waals surface area contributed by atoms with E-state index in [0.717, 1.165) is 65.4 Å². The number of hydrogen-bond donors (Lipinski definition) is 2. The molecule has 0 aliphatic carbocycles. The van der Waals surface area contributed by atoms with Crippen molar-refractivity contribution in [3.63, 3.8) is 0 Å². The highest BCUT2D eigenvalue weighted by atomic mass is 19.4. The first kappa shape index (κ1) is 46.1. The third kappa shape index (κ3) is 14.3. The van der Waals surface area contributed by atoms with E-state index in [-0.39, 0.29) is 11.8 Å². The van der Waals surface area contributed by atoms with E-state index in [0.29, 0.717) is 30.1 Å². The Balaban J connectivity index is 0.000000925. The molecule has 324 valence electrons. The lowest BCUT2D eigenvalue weighted by Crippen LogP contribution is -2.38. The van der Waals surface area contributed by atoms with Crippen LogP contribution in [-0.4, -0.2) is 85.2 Å². The highest BCUT2D eigenvalue weighted by Crippen LogP contribution is 2.28. The Morgan fingerprint density at radius 1 is 0.770 bits per heavy atom. The molecule has 2 saturated heterocycles. The summed E-state index contributed by atoms with van der Waals surface area (Å²) < 4.78 is 41.9. The van der Waals surface area contributed by atoms with Crippen LogP contribution in [0.4, 0.5) is 13.2 Å².